The van der Waals surface area contributed by atoms with Gasteiger partial charge in [-0.25, -0.2) is 9.78 Å². The topological polar surface area (TPSA) is 80.4 Å². The summed E-state index contributed by atoms with van der Waals surface area (Å²) in [7, 11) is 0. The van der Waals surface area contributed by atoms with Gasteiger partial charge >= 0.3 is 5.97 Å². The molecule has 0 unspecified atom stereocenters. The fourth-order valence-corrected chi connectivity index (χ4v) is 1.65. The quantitative estimate of drug-likeness (QED) is 0.653. The van der Waals surface area contributed by atoms with Crippen LogP contribution in [0.2, 0.25) is 0 Å². The summed E-state index contributed by atoms with van der Waals surface area (Å²) in [6, 6.07) is 7.35. The zero-order chi connectivity index (χ0) is 11.1. The minimum Gasteiger partial charge on any atom is -0.475 e. The second-order valence-corrected chi connectivity index (χ2v) is 3.28. The van der Waals surface area contributed by atoms with Crippen molar-refractivity contribution in [3.63, 3.8) is 0 Å². The van der Waals surface area contributed by atoms with Gasteiger partial charge in [-0.05, 0) is 6.07 Å². The van der Waals surface area contributed by atoms with E-state index in [0.717, 1.165) is 10.9 Å². The molecule has 3 aromatic rings. The van der Waals surface area contributed by atoms with Crippen LogP contribution in [-0.4, -0.2) is 30.7 Å². The number of hydrogen-bond donors (Lipinski definition) is 1. The van der Waals surface area contributed by atoms with E-state index in [0.29, 0.717) is 0 Å². The highest BCUT2D eigenvalue weighted by Crippen LogP contribution is 2.14. The Balaban J connectivity index is 2.56. The second-order valence-electron chi connectivity index (χ2n) is 3.28. The zero-order valence-electron chi connectivity index (χ0n) is 8.03. The summed E-state index contributed by atoms with van der Waals surface area (Å²) in [4.78, 5) is 15.0. The first-order valence-electron chi connectivity index (χ1n) is 4.59. The lowest BCUT2D eigenvalue weighted by Crippen LogP contribution is -2.04. The van der Waals surface area contributed by atoms with E-state index in [1.807, 2.05) is 18.2 Å². The van der Waals surface area contributed by atoms with Gasteiger partial charge in [0.1, 0.15) is 0 Å². The van der Waals surface area contributed by atoms with E-state index in [4.69, 9.17) is 5.11 Å². The van der Waals surface area contributed by atoms with Gasteiger partial charge in [-0.3, -0.25) is 4.40 Å². The Hall–Kier alpha value is -2.50. The van der Waals surface area contributed by atoms with Crippen LogP contribution in [0.25, 0.3) is 16.7 Å². The average Bonchev–Trinajstić information content (AvgIpc) is 2.73. The molecule has 6 nitrogen and oxygen atoms in total. The predicted octanol–water partition coefficient (Wildman–Crippen LogP) is 0.976. The molecule has 1 N–H and O–H groups in total. The molecule has 0 atom stereocenters. The summed E-state index contributed by atoms with van der Waals surface area (Å²) in [6.07, 6.45) is 1.64. The molecule has 0 amide bonds. The third-order valence-electron chi connectivity index (χ3n) is 2.33. The largest absolute Gasteiger partial charge is 0.475 e. The van der Waals surface area contributed by atoms with E-state index in [2.05, 4.69) is 15.2 Å². The Labute approximate surface area is 89.2 Å². The number of carboxylic acids is 1. The summed E-state index contributed by atoms with van der Waals surface area (Å²) in [5.74, 6) is -0.957. The number of fused-ring (bicyclic) bond motifs is 3. The smallest absolute Gasteiger partial charge is 0.374 e. The molecule has 0 aliphatic carbocycles. The Kier molecular flexibility index (Phi) is 1.64. The second kappa shape index (κ2) is 2.99. The maximum atomic E-state index is 11.0. The molecule has 2 aromatic heterocycles. The van der Waals surface area contributed by atoms with Gasteiger partial charge < -0.3 is 5.11 Å². The molecule has 0 fully saturated rings. The number of rotatable bonds is 1. The SMILES string of the molecule is O=C(O)c1nnc2ncc3ccccc3n12. The summed E-state index contributed by atoms with van der Waals surface area (Å²) in [5, 5.41) is 17.1. The minimum absolute atomic E-state index is 0.126. The monoisotopic (exact) mass is 214 g/mol. The number of carbonyl (C=O) groups is 1. The number of aromatic nitrogens is 4. The van der Waals surface area contributed by atoms with Gasteiger partial charge in [-0.15, -0.1) is 10.2 Å². The highest BCUT2D eigenvalue weighted by atomic mass is 16.4. The van der Waals surface area contributed by atoms with Crippen molar-refractivity contribution in [3.05, 3.63) is 36.3 Å². The standard InChI is InChI=1S/C10H6N4O2/c15-9(16)8-12-13-10-11-5-6-3-1-2-4-7(6)14(8)10/h1-5H,(H,15,16). The van der Waals surface area contributed by atoms with Crippen molar-refractivity contribution in [2.75, 3.05) is 0 Å². The third kappa shape index (κ3) is 1.07. The molecule has 6 heteroatoms. The van der Waals surface area contributed by atoms with E-state index < -0.39 is 5.97 Å². The number of nitrogens with zero attached hydrogens (tertiary/aromatic N) is 4. The van der Waals surface area contributed by atoms with Crippen LogP contribution in [0.3, 0.4) is 0 Å². The molecule has 0 aliphatic heterocycles. The molecule has 2 heterocycles. The molecular weight excluding hydrogens is 208 g/mol. The van der Waals surface area contributed by atoms with Gasteiger partial charge in [0.2, 0.25) is 5.82 Å². The van der Waals surface area contributed by atoms with E-state index in [9.17, 15) is 4.79 Å². The minimum atomic E-state index is -1.12. The molecule has 1 aromatic carbocycles. The van der Waals surface area contributed by atoms with Gasteiger partial charge in [0.25, 0.3) is 5.78 Å². The summed E-state index contributed by atoms with van der Waals surface area (Å²) >= 11 is 0. The fourth-order valence-electron chi connectivity index (χ4n) is 1.65. The molecular formula is C10H6N4O2. The van der Waals surface area contributed by atoms with Crippen LogP contribution in [0.15, 0.2) is 30.5 Å². The number of para-hydroxylation sites is 1. The number of hydrogen-bond acceptors (Lipinski definition) is 4. The zero-order valence-corrected chi connectivity index (χ0v) is 8.03. The first-order valence-corrected chi connectivity index (χ1v) is 4.59. The maximum absolute atomic E-state index is 11.0. The molecule has 0 saturated heterocycles. The van der Waals surface area contributed by atoms with Crippen molar-refractivity contribution in [2.24, 2.45) is 0 Å². The van der Waals surface area contributed by atoms with E-state index in [-0.39, 0.29) is 11.6 Å². The summed E-state index contributed by atoms with van der Waals surface area (Å²) in [5.41, 5.74) is 0.731. The van der Waals surface area contributed by atoms with Crippen LogP contribution in [0.1, 0.15) is 10.6 Å². The van der Waals surface area contributed by atoms with Crippen molar-refractivity contribution in [2.45, 2.75) is 0 Å². The van der Waals surface area contributed by atoms with Crippen LogP contribution in [0, 0.1) is 0 Å². The Bertz CT molecular complexity index is 704. The Morgan fingerprint density at radius 2 is 2.06 bits per heavy atom. The Morgan fingerprint density at radius 1 is 1.25 bits per heavy atom. The number of benzene rings is 1. The van der Waals surface area contributed by atoms with Crippen LogP contribution in [-0.2, 0) is 0 Å². The summed E-state index contributed by atoms with van der Waals surface area (Å²) in [6.45, 7) is 0. The first kappa shape index (κ1) is 8.78. The van der Waals surface area contributed by atoms with Crippen LogP contribution >= 0.6 is 0 Å². The number of carboxylic acid groups (broad SMARTS) is 1. The van der Waals surface area contributed by atoms with Crippen molar-refractivity contribution in [1.29, 1.82) is 0 Å². The lowest BCUT2D eigenvalue weighted by Gasteiger charge is -2.00. The van der Waals surface area contributed by atoms with Gasteiger partial charge in [-0.2, -0.15) is 0 Å². The Morgan fingerprint density at radius 3 is 2.88 bits per heavy atom. The van der Waals surface area contributed by atoms with Gasteiger partial charge in [0.05, 0.1) is 5.52 Å². The van der Waals surface area contributed by atoms with Gasteiger partial charge in [0.15, 0.2) is 0 Å². The molecule has 0 spiro atoms. The van der Waals surface area contributed by atoms with Crippen molar-refractivity contribution in [3.8, 4) is 0 Å². The van der Waals surface area contributed by atoms with Gasteiger partial charge in [-0.1, -0.05) is 18.2 Å². The normalized spacial score (nSPS) is 11.0. The van der Waals surface area contributed by atoms with Crippen LogP contribution < -0.4 is 0 Å². The lowest BCUT2D eigenvalue weighted by molar-refractivity contribution is 0.0682. The average molecular weight is 214 g/mol. The van der Waals surface area contributed by atoms with E-state index >= 15 is 0 Å². The first-order chi connectivity index (χ1) is 7.77. The molecule has 0 radical (unpaired) electrons. The maximum Gasteiger partial charge on any atom is 0.374 e. The highest BCUT2D eigenvalue weighted by Gasteiger charge is 2.15. The van der Waals surface area contributed by atoms with Crippen molar-refractivity contribution < 1.29 is 9.90 Å². The van der Waals surface area contributed by atoms with Crippen LogP contribution in [0.5, 0.6) is 0 Å². The third-order valence-corrected chi connectivity index (χ3v) is 2.33. The van der Waals surface area contributed by atoms with Crippen molar-refractivity contribution in [1.82, 2.24) is 19.6 Å². The number of aromatic carboxylic acids is 1. The molecule has 0 aliphatic rings. The summed E-state index contributed by atoms with van der Waals surface area (Å²) < 4.78 is 1.43. The molecule has 0 bridgehead atoms. The van der Waals surface area contributed by atoms with Crippen molar-refractivity contribution >= 4 is 22.6 Å². The van der Waals surface area contributed by atoms with E-state index in [1.165, 1.54) is 4.40 Å². The van der Waals surface area contributed by atoms with E-state index in [1.54, 1.807) is 12.3 Å². The molecule has 78 valence electrons. The highest BCUT2D eigenvalue weighted by molar-refractivity contribution is 5.88. The molecule has 0 saturated carbocycles. The van der Waals surface area contributed by atoms with Crippen LogP contribution in [0.4, 0.5) is 0 Å². The molecule has 3 rings (SSSR count). The molecule has 16 heavy (non-hydrogen) atoms. The van der Waals surface area contributed by atoms with Gasteiger partial charge in [0, 0.05) is 11.6 Å². The lowest BCUT2D eigenvalue weighted by atomic mass is 10.2. The predicted molar refractivity (Wildman–Crippen MR) is 55.2 cm³/mol. The fraction of sp³-hybridized carbons (Fsp3) is 0.